The quantitative estimate of drug-likeness (QED) is 0.902. The van der Waals surface area contributed by atoms with Gasteiger partial charge in [0.25, 0.3) is 0 Å². The molecule has 2 aromatic rings. The fourth-order valence-electron chi connectivity index (χ4n) is 1.63. The van der Waals surface area contributed by atoms with Crippen LogP contribution in [-0.4, -0.2) is 24.9 Å². The van der Waals surface area contributed by atoms with Gasteiger partial charge in [-0.3, -0.25) is 14.6 Å². The summed E-state index contributed by atoms with van der Waals surface area (Å²) in [6.45, 7) is 2.74. The molecule has 0 saturated carbocycles. The van der Waals surface area contributed by atoms with E-state index in [1.54, 1.807) is 10.9 Å². The molecule has 2 aromatic heterocycles. The van der Waals surface area contributed by atoms with E-state index < -0.39 is 6.10 Å². The third-order valence-electron chi connectivity index (χ3n) is 2.39. The van der Waals surface area contributed by atoms with Gasteiger partial charge in [-0.25, -0.2) is 0 Å². The van der Waals surface area contributed by atoms with E-state index in [0.717, 1.165) is 6.42 Å². The molecule has 1 N–H and O–H groups in total. The number of aromatic nitrogens is 4. The van der Waals surface area contributed by atoms with Gasteiger partial charge >= 0.3 is 0 Å². The van der Waals surface area contributed by atoms with Crippen LogP contribution in [-0.2, 0) is 6.54 Å². The molecule has 2 heterocycles. The minimum absolute atomic E-state index is 0.441. The minimum atomic E-state index is -0.898. The number of aliphatic hydroxyl groups is 1. The van der Waals surface area contributed by atoms with Crippen LogP contribution in [0, 0.1) is 0 Å². The first-order chi connectivity index (χ1) is 8.24. The van der Waals surface area contributed by atoms with Gasteiger partial charge in [-0.05, 0) is 6.42 Å². The van der Waals surface area contributed by atoms with Gasteiger partial charge in [-0.2, -0.15) is 5.10 Å². The molecule has 0 saturated heterocycles. The number of rotatable bonds is 4. The SMILES string of the molecule is CCCn1ncc(Cl)c1C(O)c1cnccn1. The van der Waals surface area contributed by atoms with E-state index in [1.165, 1.54) is 18.6 Å². The summed E-state index contributed by atoms with van der Waals surface area (Å²) in [5.74, 6) is 0. The Bertz CT molecular complexity index is 485. The van der Waals surface area contributed by atoms with Gasteiger partial charge in [0, 0.05) is 18.9 Å². The molecule has 0 amide bonds. The molecule has 0 fully saturated rings. The van der Waals surface area contributed by atoms with Crippen molar-refractivity contribution in [1.29, 1.82) is 0 Å². The summed E-state index contributed by atoms with van der Waals surface area (Å²) in [6, 6.07) is 0. The van der Waals surface area contributed by atoms with Crippen molar-refractivity contribution in [2.24, 2.45) is 0 Å². The molecular weight excluding hydrogens is 240 g/mol. The summed E-state index contributed by atoms with van der Waals surface area (Å²) in [4.78, 5) is 7.99. The smallest absolute Gasteiger partial charge is 0.140 e. The Morgan fingerprint density at radius 1 is 1.41 bits per heavy atom. The average Bonchev–Trinajstić information content (AvgIpc) is 2.71. The van der Waals surface area contributed by atoms with Gasteiger partial charge < -0.3 is 5.11 Å². The van der Waals surface area contributed by atoms with Crippen LogP contribution in [0.15, 0.2) is 24.8 Å². The van der Waals surface area contributed by atoms with E-state index in [9.17, 15) is 5.11 Å². The van der Waals surface area contributed by atoms with Crippen LogP contribution in [0.1, 0.15) is 30.8 Å². The molecule has 0 radical (unpaired) electrons. The van der Waals surface area contributed by atoms with Crippen molar-refractivity contribution in [2.75, 3.05) is 0 Å². The van der Waals surface area contributed by atoms with Crippen LogP contribution in [0.25, 0.3) is 0 Å². The fraction of sp³-hybridized carbons (Fsp3) is 0.364. The van der Waals surface area contributed by atoms with Gasteiger partial charge in [0.05, 0.1) is 28.8 Å². The first kappa shape index (κ1) is 12.0. The van der Waals surface area contributed by atoms with Crippen LogP contribution in [0.4, 0.5) is 0 Å². The molecule has 0 aliphatic rings. The molecule has 0 bridgehead atoms. The van der Waals surface area contributed by atoms with E-state index in [1.807, 2.05) is 6.92 Å². The number of aryl methyl sites for hydroxylation is 1. The Labute approximate surface area is 104 Å². The van der Waals surface area contributed by atoms with Crippen molar-refractivity contribution in [3.05, 3.63) is 41.2 Å². The number of hydrogen-bond acceptors (Lipinski definition) is 4. The van der Waals surface area contributed by atoms with Crippen LogP contribution < -0.4 is 0 Å². The number of hydrogen-bond donors (Lipinski definition) is 1. The number of aliphatic hydroxyl groups excluding tert-OH is 1. The molecule has 5 nitrogen and oxygen atoms in total. The van der Waals surface area contributed by atoms with E-state index in [-0.39, 0.29) is 0 Å². The Kier molecular flexibility index (Phi) is 3.71. The normalized spacial score (nSPS) is 12.6. The van der Waals surface area contributed by atoms with Gasteiger partial charge in [0.15, 0.2) is 0 Å². The highest BCUT2D eigenvalue weighted by Crippen LogP contribution is 2.26. The zero-order valence-electron chi connectivity index (χ0n) is 9.41. The predicted molar refractivity (Wildman–Crippen MR) is 63.6 cm³/mol. The van der Waals surface area contributed by atoms with Crippen molar-refractivity contribution in [3.63, 3.8) is 0 Å². The lowest BCUT2D eigenvalue weighted by atomic mass is 10.2. The second-order valence-corrected chi connectivity index (χ2v) is 4.04. The lowest BCUT2D eigenvalue weighted by molar-refractivity contribution is 0.202. The zero-order valence-corrected chi connectivity index (χ0v) is 10.2. The third kappa shape index (κ3) is 2.45. The molecule has 1 atom stereocenters. The second kappa shape index (κ2) is 5.25. The molecule has 2 rings (SSSR count). The largest absolute Gasteiger partial charge is 0.380 e. The van der Waals surface area contributed by atoms with Crippen LogP contribution in [0.5, 0.6) is 0 Å². The lowest BCUT2D eigenvalue weighted by Gasteiger charge is -2.12. The first-order valence-electron chi connectivity index (χ1n) is 5.39. The van der Waals surface area contributed by atoms with E-state index >= 15 is 0 Å². The standard InChI is InChI=1S/C11H13ClN4O/c1-2-5-16-10(8(12)6-15-16)11(17)9-7-13-3-4-14-9/h3-4,6-7,11,17H,2,5H2,1H3. The summed E-state index contributed by atoms with van der Waals surface area (Å²) >= 11 is 6.03. The van der Waals surface area contributed by atoms with Crippen LogP contribution in [0.2, 0.25) is 5.02 Å². The average molecular weight is 253 g/mol. The Morgan fingerprint density at radius 2 is 2.24 bits per heavy atom. The molecule has 90 valence electrons. The summed E-state index contributed by atoms with van der Waals surface area (Å²) < 4.78 is 1.70. The van der Waals surface area contributed by atoms with Crippen molar-refractivity contribution < 1.29 is 5.11 Å². The summed E-state index contributed by atoms with van der Waals surface area (Å²) in [5, 5.41) is 14.8. The maximum Gasteiger partial charge on any atom is 0.140 e. The fourth-order valence-corrected chi connectivity index (χ4v) is 1.87. The highest BCUT2D eigenvalue weighted by Gasteiger charge is 2.20. The van der Waals surface area contributed by atoms with Crippen molar-refractivity contribution >= 4 is 11.6 Å². The van der Waals surface area contributed by atoms with Gasteiger partial charge in [-0.15, -0.1) is 0 Å². The Hall–Kier alpha value is -1.46. The van der Waals surface area contributed by atoms with Gasteiger partial charge in [0.1, 0.15) is 6.10 Å². The molecule has 1 unspecified atom stereocenters. The van der Waals surface area contributed by atoms with Gasteiger partial charge in [0.2, 0.25) is 0 Å². The summed E-state index contributed by atoms with van der Waals surface area (Å²) in [6.07, 6.45) is 6.16. The molecular formula is C11H13ClN4O. The van der Waals surface area contributed by atoms with Crippen molar-refractivity contribution in [2.45, 2.75) is 26.0 Å². The molecule has 0 aliphatic heterocycles. The highest BCUT2D eigenvalue weighted by atomic mass is 35.5. The monoisotopic (exact) mass is 252 g/mol. The minimum Gasteiger partial charge on any atom is -0.380 e. The highest BCUT2D eigenvalue weighted by molar-refractivity contribution is 6.31. The topological polar surface area (TPSA) is 63.8 Å². The van der Waals surface area contributed by atoms with E-state index in [4.69, 9.17) is 11.6 Å². The van der Waals surface area contributed by atoms with E-state index in [0.29, 0.717) is 23.0 Å². The predicted octanol–water partition coefficient (Wildman–Crippen LogP) is 1.82. The van der Waals surface area contributed by atoms with E-state index in [2.05, 4.69) is 15.1 Å². The molecule has 17 heavy (non-hydrogen) atoms. The first-order valence-corrected chi connectivity index (χ1v) is 5.77. The summed E-state index contributed by atoms with van der Waals surface area (Å²) in [7, 11) is 0. The molecule has 0 aromatic carbocycles. The molecule has 0 aliphatic carbocycles. The van der Waals surface area contributed by atoms with Gasteiger partial charge in [-0.1, -0.05) is 18.5 Å². The maximum absolute atomic E-state index is 10.2. The Morgan fingerprint density at radius 3 is 2.88 bits per heavy atom. The van der Waals surface area contributed by atoms with Crippen LogP contribution >= 0.6 is 11.6 Å². The second-order valence-electron chi connectivity index (χ2n) is 3.63. The lowest BCUT2D eigenvalue weighted by Crippen LogP contribution is -2.11. The third-order valence-corrected chi connectivity index (χ3v) is 2.68. The zero-order chi connectivity index (χ0) is 12.3. The van der Waals surface area contributed by atoms with Crippen molar-refractivity contribution in [1.82, 2.24) is 19.7 Å². The molecule has 0 spiro atoms. The maximum atomic E-state index is 10.2. The molecule has 6 heteroatoms. The number of halogens is 1. The number of nitrogens with zero attached hydrogens (tertiary/aromatic N) is 4. The Balaban J connectivity index is 2.36. The summed E-state index contributed by atoms with van der Waals surface area (Å²) in [5.41, 5.74) is 1.03. The van der Waals surface area contributed by atoms with Crippen LogP contribution in [0.3, 0.4) is 0 Å². The van der Waals surface area contributed by atoms with Crippen molar-refractivity contribution in [3.8, 4) is 0 Å².